The van der Waals surface area contributed by atoms with E-state index in [1.54, 1.807) is 7.11 Å². The lowest BCUT2D eigenvalue weighted by Crippen LogP contribution is -2.13. The third-order valence-electron chi connectivity index (χ3n) is 5.82. The molecule has 0 unspecified atom stereocenters. The van der Waals surface area contributed by atoms with E-state index in [9.17, 15) is 4.79 Å². The lowest BCUT2D eigenvalue weighted by atomic mass is 10.1. The van der Waals surface area contributed by atoms with Gasteiger partial charge in [-0.3, -0.25) is 4.79 Å². The Morgan fingerprint density at radius 2 is 1.89 bits per heavy atom. The molecule has 2 saturated carbocycles. The molecule has 2 fully saturated rings. The highest BCUT2D eigenvalue weighted by molar-refractivity contribution is 6.01. The Bertz CT molecular complexity index is 1040. The third-order valence-corrected chi connectivity index (χ3v) is 5.82. The minimum absolute atomic E-state index is 0.127. The summed E-state index contributed by atoms with van der Waals surface area (Å²) in [5, 5.41) is 4.06. The van der Waals surface area contributed by atoms with Gasteiger partial charge in [-0.2, -0.15) is 0 Å². The number of aromatic nitrogens is 1. The first-order valence-electron chi connectivity index (χ1n) is 10.0. The summed E-state index contributed by atoms with van der Waals surface area (Å²) in [5.41, 5.74) is 11.5. The van der Waals surface area contributed by atoms with Gasteiger partial charge < -0.3 is 20.4 Å². The van der Waals surface area contributed by atoms with Crippen molar-refractivity contribution in [3.8, 4) is 17.0 Å². The number of rotatable bonds is 6. The van der Waals surface area contributed by atoms with Crippen molar-refractivity contribution < 1.29 is 9.53 Å². The molecule has 3 N–H and O–H groups in total. The molecule has 144 valence electrons. The number of hydrogen-bond acceptors (Lipinski definition) is 3. The molecule has 0 spiro atoms. The van der Waals surface area contributed by atoms with E-state index in [1.807, 2.05) is 36.4 Å². The van der Waals surface area contributed by atoms with Crippen LogP contribution in [0.3, 0.4) is 0 Å². The van der Waals surface area contributed by atoms with Crippen molar-refractivity contribution in [1.82, 2.24) is 4.57 Å². The number of carbonyl (C=O) groups excluding carboxylic acids is 1. The number of amides is 1. The summed E-state index contributed by atoms with van der Waals surface area (Å²) in [6.45, 7) is 0.969. The van der Waals surface area contributed by atoms with Gasteiger partial charge in [-0.1, -0.05) is 12.1 Å². The van der Waals surface area contributed by atoms with Crippen LogP contribution in [0.1, 0.15) is 25.7 Å². The topological polar surface area (TPSA) is 69.3 Å². The van der Waals surface area contributed by atoms with Crippen LogP contribution in [0.5, 0.6) is 5.75 Å². The summed E-state index contributed by atoms with van der Waals surface area (Å²) in [5.74, 6) is 1.89. The van der Waals surface area contributed by atoms with Crippen LogP contribution in [0.15, 0.2) is 42.5 Å². The molecule has 5 nitrogen and oxygen atoms in total. The van der Waals surface area contributed by atoms with Gasteiger partial charge >= 0.3 is 0 Å². The number of nitrogens with two attached hydrogens (primary N) is 1. The largest absolute Gasteiger partial charge is 0.497 e. The zero-order chi connectivity index (χ0) is 19.3. The number of ether oxygens (including phenoxy) is 1. The maximum Gasteiger partial charge on any atom is 0.227 e. The van der Waals surface area contributed by atoms with Gasteiger partial charge in [0, 0.05) is 35.2 Å². The molecular formula is C23H25N3O2. The number of methoxy groups -OCH3 is 1. The predicted molar refractivity (Wildman–Crippen MR) is 112 cm³/mol. The zero-order valence-electron chi connectivity index (χ0n) is 16.1. The summed E-state index contributed by atoms with van der Waals surface area (Å²) in [7, 11) is 1.69. The Kier molecular flexibility index (Phi) is 4.04. The van der Waals surface area contributed by atoms with E-state index in [1.165, 1.54) is 12.8 Å². The Hall–Kier alpha value is -2.95. The number of benzene rings is 2. The standard InChI is InChI=1S/C23H25N3O2/c1-28-18-10-11-19-20(12-18)26(13-14-2-3-14)22(21(19)24)15-6-8-17(9-7-15)25-23(27)16-4-5-16/h6-12,14,16H,2-5,13,24H2,1H3,(H,25,27). The van der Waals surface area contributed by atoms with Crippen LogP contribution in [0.4, 0.5) is 11.4 Å². The van der Waals surface area contributed by atoms with E-state index in [0.717, 1.165) is 64.6 Å². The van der Waals surface area contributed by atoms with Crippen LogP contribution in [0.2, 0.25) is 0 Å². The first-order chi connectivity index (χ1) is 13.6. The molecular weight excluding hydrogens is 350 g/mol. The fourth-order valence-corrected chi connectivity index (χ4v) is 3.84. The molecule has 0 aliphatic heterocycles. The maximum absolute atomic E-state index is 12.0. The predicted octanol–water partition coefficient (Wildman–Crippen LogP) is 4.66. The van der Waals surface area contributed by atoms with Crippen LogP contribution >= 0.6 is 0 Å². The Morgan fingerprint density at radius 1 is 1.14 bits per heavy atom. The van der Waals surface area contributed by atoms with Gasteiger partial charge in [0.1, 0.15) is 5.75 Å². The molecule has 1 amide bonds. The van der Waals surface area contributed by atoms with Gasteiger partial charge in [0.05, 0.1) is 24.0 Å². The minimum Gasteiger partial charge on any atom is -0.497 e. The smallest absolute Gasteiger partial charge is 0.227 e. The van der Waals surface area contributed by atoms with Crippen molar-refractivity contribution in [3.63, 3.8) is 0 Å². The van der Waals surface area contributed by atoms with Crippen molar-refractivity contribution in [2.45, 2.75) is 32.2 Å². The quantitative estimate of drug-likeness (QED) is 0.658. The Labute approximate surface area is 164 Å². The molecule has 28 heavy (non-hydrogen) atoms. The highest BCUT2D eigenvalue weighted by atomic mass is 16.5. The second-order valence-electron chi connectivity index (χ2n) is 8.04. The van der Waals surface area contributed by atoms with E-state index in [2.05, 4.69) is 16.0 Å². The summed E-state index contributed by atoms with van der Waals surface area (Å²) in [6.07, 6.45) is 4.56. The van der Waals surface area contributed by atoms with Gasteiger partial charge in [-0.05, 0) is 55.9 Å². The normalized spacial score (nSPS) is 16.3. The molecule has 0 bridgehead atoms. The molecule has 2 aromatic carbocycles. The average Bonchev–Trinajstić information content (AvgIpc) is 3.62. The number of nitrogens with one attached hydrogen (secondary N) is 1. The summed E-state index contributed by atoms with van der Waals surface area (Å²) < 4.78 is 7.77. The van der Waals surface area contributed by atoms with E-state index in [-0.39, 0.29) is 11.8 Å². The molecule has 5 heteroatoms. The van der Waals surface area contributed by atoms with Crippen molar-refractivity contribution in [1.29, 1.82) is 0 Å². The molecule has 0 atom stereocenters. The van der Waals surface area contributed by atoms with Crippen LogP contribution in [-0.4, -0.2) is 17.6 Å². The average molecular weight is 375 g/mol. The molecule has 3 aromatic rings. The monoisotopic (exact) mass is 375 g/mol. The number of carbonyl (C=O) groups is 1. The van der Waals surface area contributed by atoms with E-state index in [0.29, 0.717) is 0 Å². The number of fused-ring (bicyclic) bond motifs is 1. The van der Waals surface area contributed by atoms with Gasteiger partial charge in [-0.25, -0.2) is 0 Å². The maximum atomic E-state index is 12.0. The first kappa shape index (κ1) is 17.2. The highest BCUT2D eigenvalue weighted by Gasteiger charge is 2.29. The van der Waals surface area contributed by atoms with Crippen molar-refractivity contribution in [2.75, 3.05) is 18.2 Å². The SMILES string of the molecule is COc1ccc2c(N)c(-c3ccc(NC(=O)C4CC4)cc3)n(CC3CC3)c2c1. The summed E-state index contributed by atoms with van der Waals surface area (Å²) >= 11 is 0. The van der Waals surface area contributed by atoms with Crippen LogP contribution in [0.25, 0.3) is 22.2 Å². The molecule has 5 rings (SSSR count). The fourth-order valence-electron chi connectivity index (χ4n) is 3.84. The lowest BCUT2D eigenvalue weighted by Gasteiger charge is -2.12. The number of hydrogen-bond donors (Lipinski definition) is 2. The first-order valence-corrected chi connectivity index (χ1v) is 10.0. The molecule has 0 radical (unpaired) electrons. The van der Waals surface area contributed by atoms with Crippen molar-refractivity contribution >= 4 is 28.2 Å². The third kappa shape index (κ3) is 3.11. The second-order valence-corrected chi connectivity index (χ2v) is 8.04. The molecule has 2 aliphatic carbocycles. The molecule has 0 saturated heterocycles. The van der Waals surface area contributed by atoms with Crippen LogP contribution in [-0.2, 0) is 11.3 Å². The molecule has 1 heterocycles. The van der Waals surface area contributed by atoms with Gasteiger partial charge in [0.15, 0.2) is 0 Å². The Morgan fingerprint density at radius 3 is 2.54 bits per heavy atom. The van der Waals surface area contributed by atoms with E-state index >= 15 is 0 Å². The lowest BCUT2D eigenvalue weighted by molar-refractivity contribution is -0.117. The number of anilines is 2. The molecule has 2 aliphatic rings. The summed E-state index contributed by atoms with van der Waals surface area (Å²) in [6, 6.07) is 14.1. The van der Waals surface area contributed by atoms with Crippen molar-refractivity contribution in [2.24, 2.45) is 11.8 Å². The second kappa shape index (κ2) is 6.59. The zero-order valence-corrected chi connectivity index (χ0v) is 16.1. The van der Waals surface area contributed by atoms with E-state index in [4.69, 9.17) is 10.5 Å². The molecule has 1 aromatic heterocycles. The van der Waals surface area contributed by atoms with E-state index < -0.39 is 0 Å². The Balaban J connectivity index is 1.55. The fraction of sp³-hybridized carbons (Fsp3) is 0.348. The van der Waals surface area contributed by atoms with Crippen LogP contribution < -0.4 is 15.8 Å². The van der Waals surface area contributed by atoms with Gasteiger partial charge in [0.25, 0.3) is 0 Å². The number of nitrogens with zero attached hydrogens (tertiary/aromatic N) is 1. The summed E-state index contributed by atoms with van der Waals surface area (Å²) in [4.78, 5) is 12.0. The van der Waals surface area contributed by atoms with Crippen molar-refractivity contribution in [3.05, 3.63) is 42.5 Å². The van der Waals surface area contributed by atoms with Crippen LogP contribution in [0, 0.1) is 11.8 Å². The van der Waals surface area contributed by atoms with Gasteiger partial charge in [-0.15, -0.1) is 0 Å². The van der Waals surface area contributed by atoms with Gasteiger partial charge in [0.2, 0.25) is 5.91 Å². The highest BCUT2D eigenvalue weighted by Crippen LogP contribution is 2.41. The number of nitrogen functional groups attached to an aromatic ring is 1. The minimum atomic E-state index is 0.127.